The van der Waals surface area contributed by atoms with Gasteiger partial charge in [-0.1, -0.05) is 217 Å². The van der Waals surface area contributed by atoms with Crippen LogP contribution >= 0.6 is 0 Å². The summed E-state index contributed by atoms with van der Waals surface area (Å²) in [6.07, 6.45) is 50.0. The van der Waals surface area contributed by atoms with Gasteiger partial charge in [-0.05, 0) is 51.4 Å². The van der Waals surface area contributed by atoms with Crippen molar-refractivity contribution in [2.24, 2.45) is 0 Å². The van der Waals surface area contributed by atoms with E-state index in [0.717, 1.165) is 70.6 Å². The Hall–Kier alpha value is -1.85. The fourth-order valence-corrected chi connectivity index (χ4v) is 7.96. The second-order valence-electron chi connectivity index (χ2n) is 17.9. The molecule has 0 aliphatic carbocycles. The first-order chi connectivity index (χ1) is 30.9. The average Bonchev–Trinajstić information content (AvgIpc) is 3.28. The number of esters is 1. The lowest BCUT2D eigenvalue weighted by atomic mass is 9.99. The van der Waals surface area contributed by atoms with Crippen molar-refractivity contribution < 1.29 is 44.2 Å². The van der Waals surface area contributed by atoms with Crippen molar-refractivity contribution in [2.45, 2.75) is 263 Å². The summed E-state index contributed by atoms with van der Waals surface area (Å²) in [4.78, 5) is 12.8. The Balaban J connectivity index is 2.20. The minimum absolute atomic E-state index is 0.118. The number of aliphatic hydroxyl groups excluding tert-OH is 4. The number of carbonyl (C=O) groups is 1. The molecule has 1 saturated heterocycles. The van der Waals surface area contributed by atoms with E-state index in [2.05, 4.69) is 62.5 Å². The van der Waals surface area contributed by atoms with Crippen molar-refractivity contribution in [1.29, 1.82) is 0 Å². The summed E-state index contributed by atoms with van der Waals surface area (Å²) in [6, 6.07) is 0. The highest BCUT2D eigenvalue weighted by Gasteiger charge is 2.44. The Morgan fingerprint density at radius 3 is 1.46 bits per heavy atom. The number of ether oxygens (including phenoxy) is 4. The molecule has 0 saturated carbocycles. The summed E-state index contributed by atoms with van der Waals surface area (Å²) < 4.78 is 22.9. The van der Waals surface area contributed by atoms with Gasteiger partial charge in [0.2, 0.25) is 0 Å². The first-order valence-corrected chi connectivity index (χ1v) is 26.2. The van der Waals surface area contributed by atoms with Gasteiger partial charge in [0, 0.05) is 13.0 Å². The predicted octanol–water partition coefficient (Wildman–Crippen LogP) is 12.9. The van der Waals surface area contributed by atoms with Crippen LogP contribution in [0, 0.1) is 0 Å². The SMILES string of the molecule is CC/C=C\C/C=C\C/C=C\C/C=C\CCCCCCCCC(=O)OC(COCCCCCCCCCCCCCCCCCCCCCCC)COC1OC(CO)C(O)C(O)C1O. The summed E-state index contributed by atoms with van der Waals surface area (Å²) >= 11 is 0. The highest BCUT2D eigenvalue weighted by molar-refractivity contribution is 5.69. The van der Waals surface area contributed by atoms with Crippen LogP contribution in [-0.2, 0) is 23.7 Å². The van der Waals surface area contributed by atoms with Gasteiger partial charge >= 0.3 is 5.97 Å². The van der Waals surface area contributed by atoms with Crippen LogP contribution in [0.3, 0.4) is 0 Å². The minimum Gasteiger partial charge on any atom is -0.457 e. The van der Waals surface area contributed by atoms with Gasteiger partial charge in [-0.3, -0.25) is 4.79 Å². The molecule has 0 aromatic rings. The molecule has 1 heterocycles. The maximum atomic E-state index is 12.8. The molecule has 0 spiro atoms. The topological polar surface area (TPSA) is 135 Å². The lowest BCUT2D eigenvalue weighted by molar-refractivity contribution is -0.305. The third kappa shape index (κ3) is 36.0. The summed E-state index contributed by atoms with van der Waals surface area (Å²) in [5, 5.41) is 40.3. The summed E-state index contributed by atoms with van der Waals surface area (Å²) in [5.41, 5.74) is 0. The minimum atomic E-state index is -1.54. The molecule has 1 aliphatic rings. The highest BCUT2D eigenvalue weighted by atomic mass is 16.7. The molecule has 1 rings (SSSR count). The van der Waals surface area contributed by atoms with Gasteiger partial charge in [-0.25, -0.2) is 0 Å². The third-order valence-corrected chi connectivity index (χ3v) is 12.0. The van der Waals surface area contributed by atoms with Crippen LogP contribution < -0.4 is 0 Å². The van der Waals surface area contributed by atoms with E-state index in [4.69, 9.17) is 18.9 Å². The Labute approximate surface area is 386 Å². The summed E-state index contributed by atoms with van der Waals surface area (Å²) in [5.74, 6) is -0.325. The van der Waals surface area contributed by atoms with E-state index < -0.39 is 43.4 Å². The van der Waals surface area contributed by atoms with Crippen molar-refractivity contribution in [3.8, 4) is 0 Å². The lowest BCUT2D eigenvalue weighted by Gasteiger charge is -2.39. The largest absolute Gasteiger partial charge is 0.457 e. The molecule has 368 valence electrons. The molecule has 6 atom stereocenters. The quantitative estimate of drug-likeness (QED) is 0.0268. The molecule has 6 unspecified atom stereocenters. The van der Waals surface area contributed by atoms with Crippen LogP contribution in [0.4, 0.5) is 0 Å². The number of carbonyl (C=O) groups excluding carboxylic acids is 1. The van der Waals surface area contributed by atoms with E-state index in [0.29, 0.717) is 13.0 Å². The molecule has 63 heavy (non-hydrogen) atoms. The molecule has 9 heteroatoms. The van der Waals surface area contributed by atoms with Gasteiger partial charge in [-0.2, -0.15) is 0 Å². The van der Waals surface area contributed by atoms with Gasteiger partial charge < -0.3 is 39.4 Å². The van der Waals surface area contributed by atoms with E-state index in [-0.39, 0.29) is 19.2 Å². The lowest BCUT2D eigenvalue weighted by Crippen LogP contribution is -2.59. The zero-order chi connectivity index (χ0) is 45.7. The van der Waals surface area contributed by atoms with Crippen molar-refractivity contribution in [3.63, 3.8) is 0 Å². The molecule has 0 aromatic heterocycles. The van der Waals surface area contributed by atoms with Gasteiger partial charge in [0.05, 0.1) is 19.8 Å². The monoisotopic (exact) mass is 891 g/mol. The van der Waals surface area contributed by atoms with Crippen molar-refractivity contribution in [3.05, 3.63) is 48.6 Å². The molecule has 0 bridgehead atoms. The zero-order valence-electron chi connectivity index (χ0n) is 40.6. The Morgan fingerprint density at radius 2 is 0.968 bits per heavy atom. The molecular formula is C54H98O9. The van der Waals surface area contributed by atoms with Gasteiger partial charge in [0.1, 0.15) is 30.5 Å². The number of rotatable bonds is 45. The standard InChI is InChI=1S/C54H98O9/c1-3-5-7-9-11-13-15-17-19-21-23-24-26-28-30-32-34-36-38-40-42-44-60-46-48(47-61-54-53(59)52(58)51(57)49(45-55)63-54)62-50(56)43-41-39-37-35-33-31-29-27-25-22-20-18-16-14-12-10-8-6-4-2/h6,8,12,14,18,20,25,27,48-49,51-55,57-59H,3-5,7,9-11,13,15-17,19,21-24,26,28-47H2,1-2H3/b8-6-,14-12-,20-18-,27-25-. The van der Waals surface area contributed by atoms with E-state index >= 15 is 0 Å². The fourth-order valence-electron chi connectivity index (χ4n) is 7.96. The highest BCUT2D eigenvalue weighted by Crippen LogP contribution is 2.23. The molecule has 0 radical (unpaired) electrons. The second kappa shape index (κ2) is 45.3. The maximum Gasteiger partial charge on any atom is 0.306 e. The van der Waals surface area contributed by atoms with Crippen LogP contribution in [-0.4, -0.2) is 89.6 Å². The van der Waals surface area contributed by atoms with Crippen LogP contribution in [0.5, 0.6) is 0 Å². The number of aliphatic hydroxyl groups is 4. The van der Waals surface area contributed by atoms with Gasteiger partial charge in [0.25, 0.3) is 0 Å². The van der Waals surface area contributed by atoms with E-state index in [1.807, 2.05) is 0 Å². The number of allylic oxidation sites excluding steroid dienone is 8. The van der Waals surface area contributed by atoms with Crippen molar-refractivity contribution in [1.82, 2.24) is 0 Å². The molecule has 1 fully saturated rings. The van der Waals surface area contributed by atoms with E-state index in [1.165, 1.54) is 135 Å². The van der Waals surface area contributed by atoms with Crippen molar-refractivity contribution >= 4 is 5.97 Å². The molecule has 1 aliphatic heterocycles. The van der Waals surface area contributed by atoms with Crippen LogP contribution in [0.2, 0.25) is 0 Å². The first kappa shape index (κ1) is 59.2. The van der Waals surface area contributed by atoms with Gasteiger partial charge in [-0.15, -0.1) is 0 Å². The Bertz CT molecular complexity index is 1100. The van der Waals surface area contributed by atoms with E-state index in [9.17, 15) is 25.2 Å². The third-order valence-electron chi connectivity index (χ3n) is 12.0. The summed E-state index contributed by atoms with van der Waals surface area (Å²) in [6.45, 7) is 4.46. The Morgan fingerprint density at radius 1 is 0.524 bits per heavy atom. The normalized spacial score (nSPS) is 20.0. The molecule has 4 N–H and O–H groups in total. The predicted molar refractivity (Wildman–Crippen MR) is 261 cm³/mol. The van der Waals surface area contributed by atoms with Crippen LogP contribution in [0.15, 0.2) is 48.6 Å². The number of hydrogen-bond donors (Lipinski definition) is 4. The Kier molecular flexibility index (Phi) is 42.6. The second-order valence-corrected chi connectivity index (χ2v) is 17.9. The zero-order valence-corrected chi connectivity index (χ0v) is 40.6. The molecule has 0 aromatic carbocycles. The average molecular weight is 891 g/mol. The van der Waals surface area contributed by atoms with Crippen LogP contribution in [0.25, 0.3) is 0 Å². The first-order valence-electron chi connectivity index (χ1n) is 26.2. The summed E-state index contributed by atoms with van der Waals surface area (Å²) in [7, 11) is 0. The maximum absolute atomic E-state index is 12.8. The van der Waals surface area contributed by atoms with E-state index in [1.54, 1.807) is 0 Å². The smallest absolute Gasteiger partial charge is 0.306 e. The molecular weight excluding hydrogens is 793 g/mol. The fraction of sp³-hybridized carbons (Fsp3) is 0.833. The van der Waals surface area contributed by atoms with Gasteiger partial charge in [0.15, 0.2) is 6.29 Å². The number of unbranched alkanes of at least 4 members (excludes halogenated alkanes) is 26. The number of hydrogen-bond acceptors (Lipinski definition) is 9. The molecule has 0 amide bonds. The molecule has 9 nitrogen and oxygen atoms in total. The van der Waals surface area contributed by atoms with Crippen LogP contribution in [0.1, 0.15) is 226 Å². The van der Waals surface area contributed by atoms with Crippen molar-refractivity contribution in [2.75, 3.05) is 26.4 Å².